The van der Waals surface area contributed by atoms with Crippen molar-refractivity contribution in [2.45, 2.75) is 444 Å². The SMILES string of the molecule is CCCCCCCCC/C=C\CCCCCCCC(=O)OCC(COC(=O)CCCCCCCCCCCCCCCCCCCCCCCCCCCCCC)OC(=O)CCCCCCCCCCCCCCCCCCCCCC. The molecule has 1 unspecified atom stereocenters. The highest BCUT2D eigenvalue weighted by atomic mass is 16.6. The summed E-state index contributed by atoms with van der Waals surface area (Å²) in [7, 11) is 0. The minimum absolute atomic E-state index is 0.0653. The van der Waals surface area contributed by atoms with E-state index in [1.807, 2.05) is 0 Å². The number of esters is 3. The molecule has 6 heteroatoms. The number of allylic oxidation sites excluding steroid dienone is 2. The molecule has 0 aromatic heterocycles. The van der Waals surface area contributed by atoms with Gasteiger partial charge in [0.05, 0.1) is 0 Å². The molecule has 0 aliphatic carbocycles. The molecule has 0 bridgehead atoms. The highest BCUT2D eigenvalue weighted by molar-refractivity contribution is 5.71. The molecule has 6 nitrogen and oxygen atoms in total. The maximum atomic E-state index is 13.0. The third-order valence-electron chi connectivity index (χ3n) is 17.5. The van der Waals surface area contributed by atoms with Crippen molar-refractivity contribution in [3.8, 4) is 0 Å². The Morgan fingerprint density at radius 1 is 0.232 bits per heavy atom. The second-order valence-electron chi connectivity index (χ2n) is 25.9. The summed E-state index contributed by atoms with van der Waals surface area (Å²) < 4.78 is 17.0. The van der Waals surface area contributed by atoms with Gasteiger partial charge in [-0.05, 0) is 44.9 Å². The Labute approximate surface area is 513 Å². The van der Waals surface area contributed by atoms with Gasteiger partial charge in [0.2, 0.25) is 0 Å². The van der Waals surface area contributed by atoms with Crippen LogP contribution in [-0.4, -0.2) is 37.2 Å². The first kappa shape index (κ1) is 80.2. The second-order valence-corrected chi connectivity index (χ2v) is 25.9. The van der Waals surface area contributed by atoms with Gasteiger partial charge in [-0.3, -0.25) is 14.4 Å². The first-order chi connectivity index (χ1) is 40.5. The molecule has 0 amide bonds. The molecule has 0 heterocycles. The zero-order valence-corrected chi connectivity index (χ0v) is 56.1. The van der Waals surface area contributed by atoms with Gasteiger partial charge in [-0.25, -0.2) is 0 Å². The van der Waals surface area contributed by atoms with Gasteiger partial charge in [-0.2, -0.15) is 0 Å². The lowest BCUT2D eigenvalue weighted by Crippen LogP contribution is -2.30. The van der Waals surface area contributed by atoms with Crippen LogP contribution in [-0.2, 0) is 28.6 Å². The number of unbranched alkanes of at least 4 members (excludes halogenated alkanes) is 58. The molecule has 0 saturated heterocycles. The predicted octanol–water partition coefficient (Wildman–Crippen LogP) is 26.0. The van der Waals surface area contributed by atoms with Crippen LogP contribution < -0.4 is 0 Å². The van der Waals surface area contributed by atoms with Crippen LogP contribution in [0.25, 0.3) is 0 Å². The lowest BCUT2D eigenvalue weighted by molar-refractivity contribution is -0.167. The number of rotatable bonds is 71. The maximum absolute atomic E-state index is 13.0. The zero-order valence-electron chi connectivity index (χ0n) is 56.1. The number of carbonyl (C=O) groups excluding carboxylic acids is 3. The normalized spacial score (nSPS) is 12.0. The average Bonchev–Trinajstić information content (AvgIpc) is 3.47. The maximum Gasteiger partial charge on any atom is 0.306 e. The van der Waals surface area contributed by atoms with Crippen LogP contribution in [0.4, 0.5) is 0 Å². The van der Waals surface area contributed by atoms with Crippen LogP contribution in [0.15, 0.2) is 12.2 Å². The molecular weight excluding hydrogens is 1010 g/mol. The largest absolute Gasteiger partial charge is 0.462 e. The highest BCUT2D eigenvalue weighted by Gasteiger charge is 2.20. The molecule has 0 spiro atoms. The molecule has 0 fully saturated rings. The first-order valence-corrected chi connectivity index (χ1v) is 37.7. The Morgan fingerprint density at radius 3 is 0.610 bits per heavy atom. The van der Waals surface area contributed by atoms with Crippen LogP contribution in [0.1, 0.15) is 438 Å². The molecule has 0 N–H and O–H groups in total. The van der Waals surface area contributed by atoms with Crippen LogP contribution in [0.3, 0.4) is 0 Å². The van der Waals surface area contributed by atoms with Crippen molar-refractivity contribution in [1.29, 1.82) is 0 Å². The van der Waals surface area contributed by atoms with Crippen LogP contribution in [0.2, 0.25) is 0 Å². The first-order valence-electron chi connectivity index (χ1n) is 37.7. The van der Waals surface area contributed by atoms with Gasteiger partial charge in [0.1, 0.15) is 13.2 Å². The zero-order chi connectivity index (χ0) is 59.2. The smallest absolute Gasteiger partial charge is 0.306 e. The van der Waals surface area contributed by atoms with E-state index in [0.29, 0.717) is 19.3 Å². The Balaban J connectivity index is 4.21. The summed E-state index contributed by atoms with van der Waals surface area (Å²) in [5, 5.41) is 0. The molecule has 0 saturated carbocycles. The number of ether oxygens (including phenoxy) is 3. The third kappa shape index (κ3) is 68.9. The summed E-state index contributed by atoms with van der Waals surface area (Å²) in [5.41, 5.74) is 0. The Bertz CT molecular complexity index is 1280. The summed E-state index contributed by atoms with van der Waals surface area (Å²) in [6.45, 7) is 6.73. The van der Waals surface area contributed by atoms with E-state index >= 15 is 0 Å². The third-order valence-corrected chi connectivity index (χ3v) is 17.5. The predicted molar refractivity (Wildman–Crippen MR) is 358 cm³/mol. The van der Waals surface area contributed by atoms with Crippen LogP contribution >= 0.6 is 0 Å². The van der Waals surface area contributed by atoms with E-state index in [0.717, 1.165) is 64.2 Å². The molecule has 486 valence electrons. The molecule has 0 aliphatic rings. The van der Waals surface area contributed by atoms with Crippen molar-refractivity contribution in [3.63, 3.8) is 0 Å². The van der Waals surface area contributed by atoms with E-state index < -0.39 is 6.10 Å². The molecule has 0 radical (unpaired) electrons. The molecular formula is C76H146O6. The van der Waals surface area contributed by atoms with Crippen molar-refractivity contribution >= 4 is 17.9 Å². The fraction of sp³-hybridized carbons (Fsp3) is 0.934. The fourth-order valence-corrected chi connectivity index (χ4v) is 11.9. The van der Waals surface area contributed by atoms with Crippen LogP contribution in [0, 0.1) is 0 Å². The lowest BCUT2D eigenvalue weighted by Gasteiger charge is -2.18. The average molecular weight is 1160 g/mol. The van der Waals surface area contributed by atoms with Gasteiger partial charge >= 0.3 is 17.9 Å². The molecule has 0 rings (SSSR count). The molecule has 1 atom stereocenters. The molecule has 0 aromatic rings. The van der Waals surface area contributed by atoms with E-state index in [-0.39, 0.29) is 31.1 Å². The quantitative estimate of drug-likeness (QED) is 0.0261. The van der Waals surface area contributed by atoms with E-state index in [1.54, 1.807) is 0 Å². The topological polar surface area (TPSA) is 78.9 Å². The summed E-state index contributed by atoms with van der Waals surface area (Å²) in [6, 6.07) is 0. The van der Waals surface area contributed by atoms with Gasteiger partial charge in [0.15, 0.2) is 6.10 Å². The highest BCUT2D eigenvalue weighted by Crippen LogP contribution is 2.20. The van der Waals surface area contributed by atoms with E-state index in [1.165, 1.54) is 334 Å². The number of hydrogen-bond acceptors (Lipinski definition) is 6. The van der Waals surface area contributed by atoms with Gasteiger partial charge in [0, 0.05) is 19.3 Å². The number of carbonyl (C=O) groups is 3. The minimum atomic E-state index is -0.770. The molecule has 0 aromatic carbocycles. The summed E-state index contributed by atoms with van der Waals surface area (Å²) in [5.74, 6) is -0.835. The molecule has 82 heavy (non-hydrogen) atoms. The van der Waals surface area contributed by atoms with Crippen molar-refractivity contribution in [3.05, 3.63) is 12.2 Å². The van der Waals surface area contributed by atoms with E-state index in [4.69, 9.17) is 14.2 Å². The summed E-state index contributed by atoms with van der Waals surface area (Å²) in [4.78, 5) is 38.5. The summed E-state index contributed by atoms with van der Waals surface area (Å²) in [6.07, 6.45) is 86.9. The standard InChI is InChI=1S/C76H146O6/c1-4-7-10-13-16-19-22-25-28-31-33-35-36-37-38-39-40-41-42-44-45-48-51-54-57-60-63-66-69-75(78)81-72-73(71-80-74(77)68-65-62-59-56-53-50-47-30-27-24-21-18-15-12-9-6-3)82-76(79)70-67-64-61-58-55-52-49-46-43-34-32-29-26-23-20-17-14-11-8-5-2/h30,47,73H,4-29,31-46,48-72H2,1-3H3/b47-30-. The van der Waals surface area contributed by atoms with Gasteiger partial charge in [-0.1, -0.05) is 386 Å². The lowest BCUT2D eigenvalue weighted by atomic mass is 10.0. The van der Waals surface area contributed by atoms with Gasteiger partial charge in [0.25, 0.3) is 0 Å². The summed E-state index contributed by atoms with van der Waals surface area (Å²) >= 11 is 0. The number of hydrogen-bond donors (Lipinski definition) is 0. The minimum Gasteiger partial charge on any atom is -0.462 e. The molecule has 0 aliphatic heterocycles. The van der Waals surface area contributed by atoms with Gasteiger partial charge in [-0.15, -0.1) is 0 Å². The van der Waals surface area contributed by atoms with E-state index in [9.17, 15) is 14.4 Å². The second kappa shape index (κ2) is 71.6. The van der Waals surface area contributed by atoms with Gasteiger partial charge < -0.3 is 14.2 Å². The van der Waals surface area contributed by atoms with Crippen molar-refractivity contribution < 1.29 is 28.6 Å². The van der Waals surface area contributed by atoms with E-state index in [2.05, 4.69) is 32.9 Å². The van der Waals surface area contributed by atoms with Crippen molar-refractivity contribution in [2.24, 2.45) is 0 Å². The Kier molecular flexibility index (Phi) is 70.0. The monoisotopic (exact) mass is 1160 g/mol. The van der Waals surface area contributed by atoms with Crippen molar-refractivity contribution in [2.75, 3.05) is 13.2 Å². The van der Waals surface area contributed by atoms with Crippen molar-refractivity contribution in [1.82, 2.24) is 0 Å². The Hall–Kier alpha value is -1.85. The Morgan fingerprint density at radius 2 is 0.402 bits per heavy atom. The fourth-order valence-electron chi connectivity index (χ4n) is 11.9. The van der Waals surface area contributed by atoms with Crippen LogP contribution in [0.5, 0.6) is 0 Å².